The number of epoxide rings is 1. The predicted octanol–water partition coefficient (Wildman–Crippen LogP) is 4.82. The van der Waals surface area contributed by atoms with Crippen molar-refractivity contribution in [1.82, 2.24) is 41.2 Å². The lowest BCUT2D eigenvalue weighted by atomic mass is 9.93. The standard InChI is InChI=1S/C68H102N8O17/c1-8-27-84-28-25-75(50-92-67(82)56-22-20-55(21-23-56)61-47-76(74-73-61)26-29-85-32-33-87-36-37-89-40-41-91-43-42-90-39-38-88-35-34-86-31-30-83-7)48-62(77)69-57(24-19-53-15-11-9-12-16-53)64(79)71-59(45-52(4)5)65(80)72-60(46-54-17-13-10-14-18-54)66(81)70-58(44-51(2)3)63(78)68(6)49-93-68/h9-18,20-23,47,51-52,57-60H,8,19,24-46,48-50H2,1-7H3,(H,69,77)(H,70,81)(H,71,79)(H,72,80)/t57-,58-,59-,60-,68+/m0/s1. The number of nitrogens with one attached hydrogen (secondary N) is 4. The number of benzene rings is 3. The van der Waals surface area contributed by atoms with E-state index in [1.807, 2.05) is 95.3 Å². The molecule has 4 N–H and O–H groups in total. The van der Waals surface area contributed by atoms with Gasteiger partial charge in [0.1, 0.15) is 36.2 Å². The molecule has 1 aliphatic rings. The number of aryl methyl sites for hydroxylation is 1. The van der Waals surface area contributed by atoms with Gasteiger partial charge in [-0.05, 0) is 74.1 Å². The van der Waals surface area contributed by atoms with E-state index in [-0.39, 0.29) is 75.5 Å². The molecule has 5 atom stereocenters. The first-order chi connectivity index (χ1) is 45.1. The van der Waals surface area contributed by atoms with Crippen molar-refractivity contribution in [3.8, 4) is 11.3 Å². The van der Waals surface area contributed by atoms with Gasteiger partial charge in [0, 0.05) is 32.2 Å². The van der Waals surface area contributed by atoms with Crippen LogP contribution >= 0.6 is 0 Å². The van der Waals surface area contributed by atoms with Crippen LogP contribution in [0.5, 0.6) is 0 Å². The van der Waals surface area contributed by atoms with Gasteiger partial charge in [0.25, 0.3) is 0 Å². The number of ether oxygens (including phenoxy) is 11. The molecule has 516 valence electrons. The summed E-state index contributed by atoms with van der Waals surface area (Å²) in [5, 5.41) is 20.2. The van der Waals surface area contributed by atoms with Crippen LogP contribution in [0.2, 0.25) is 0 Å². The number of hydrogen-bond donors (Lipinski definition) is 4. The summed E-state index contributed by atoms with van der Waals surface area (Å²) in [6.07, 6.45) is 3.84. The van der Waals surface area contributed by atoms with Crippen molar-refractivity contribution in [2.24, 2.45) is 11.8 Å². The van der Waals surface area contributed by atoms with Crippen molar-refractivity contribution in [2.75, 3.05) is 146 Å². The van der Waals surface area contributed by atoms with Gasteiger partial charge in [-0.2, -0.15) is 0 Å². The number of methoxy groups -OCH3 is 1. The summed E-state index contributed by atoms with van der Waals surface area (Å²) < 4.78 is 62.2. The summed E-state index contributed by atoms with van der Waals surface area (Å²) in [5.41, 5.74) is 2.32. The molecule has 0 aliphatic carbocycles. The van der Waals surface area contributed by atoms with Crippen LogP contribution in [0, 0.1) is 11.8 Å². The quantitative estimate of drug-likeness (QED) is 0.0200. The zero-order chi connectivity index (χ0) is 66.9. The van der Waals surface area contributed by atoms with Gasteiger partial charge in [0.15, 0.2) is 5.78 Å². The number of Topliss-reactive ketones (excluding diaryl/α,β-unsaturated/α-hetero) is 1. The minimum absolute atomic E-state index is 0.0661. The molecular formula is C68H102N8O17. The van der Waals surface area contributed by atoms with Crippen molar-refractivity contribution >= 4 is 35.4 Å². The fraction of sp³-hybridized carbons (Fsp3) is 0.618. The molecule has 1 aliphatic heterocycles. The molecule has 2 heterocycles. The highest BCUT2D eigenvalue weighted by molar-refractivity contribution is 5.99. The molecule has 3 aromatic carbocycles. The van der Waals surface area contributed by atoms with Crippen LogP contribution < -0.4 is 21.3 Å². The van der Waals surface area contributed by atoms with E-state index >= 15 is 0 Å². The zero-order valence-electron chi connectivity index (χ0n) is 55.7. The van der Waals surface area contributed by atoms with Crippen molar-refractivity contribution in [3.05, 3.63) is 108 Å². The fourth-order valence-corrected chi connectivity index (χ4v) is 9.47. The van der Waals surface area contributed by atoms with E-state index in [0.717, 1.165) is 23.1 Å². The summed E-state index contributed by atoms with van der Waals surface area (Å²) in [6.45, 7) is 19.6. The van der Waals surface area contributed by atoms with Crippen molar-refractivity contribution in [1.29, 1.82) is 0 Å². The maximum atomic E-state index is 14.6. The number of rotatable bonds is 53. The third-order valence-electron chi connectivity index (χ3n) is 14.6. The van der Waals surface area contributed by atoms with E-state index in [4.69, 9.17) is 52.1 Å². The van der Waals surface area contributed by atoms with Crippen LogP contribution in [-0.4, -0.2) is 231 Å². The molecule has 4 aromatic rings. The molecular weight excluding hydrogens is 1200 g/mol. The fourth-order valence-electron chi connectivity index (χ4n) is 9.47. The monoisotopic (exact) mass is 1300 g/mol. The number of carbonyl (C=O) groups is 6. The van der Waals surface area contributed by atoms with Crippen molar-refractivity contribution in [2.45, 2.75) is 116 Å². The Hall–Kier alpha value is -6.62. The Morgan fingerprint density at radius 1 is 0.581 bits per heavy atom. The smallest absolute Gasteiger partial charge is 0.339 e. The average Bonchev–Trinajstić information content (AvgIpc) is 1.66. The molecule has 0 spiro atoms. The topological polar surface area (TPSA) is 289 Å². The molecule has 1 aromatic heterocycles. The Labute approximate surface area is 548 Å². The Bertz CT molecular complexity index is 2740. The summed E-state index contributed by atoms with van der Waals surface area (Å²) >= 11 is 0. The van der Waals surface area contributed by atoms with Gasteiger partial charge < -0.3 is 73.4 Å². The van der Waals surface area contributed by atoms with Gasteiger partial charge in [-0.15, -0.1) is 5.10 Å². The van der Waals surface area contributed by atoms with Gasteiger partial charge in [-0.1, -0.05) is 113 Å². The van der Waals surface area contributed by atoms with Crippen LogP contribution in [0.25, 0.3) is 11.3 Å². The predicted molar refractivity (Wildman–Crippen MR) is 347 cm³/mol. The first-order valence-corrected chi connectivity index (χ1v) is 32.5. The molecule has 93 heavy (non-hydrogen) atoms. The number of amides is 4. The van der Waals surface area contributed by atoms with Gasteiger partial charge in [0.2, 0.25) is 23.6 Å². The Morgan fingerprint density at radius 2 is 1.06 bits per heavy atom. The van der Waals surface area contributed by atoms with Gasteiger partial charge in [0.05, 0.1) is 143 Å². The summed E-state index contributed by atoms with van der Waals surface area (Å²) in [6, 6.07) is 21.3. The molecule has 25 heteroatoms. The van der Waals surface area contributed by atoms with Crippen molar-refractivity contribution < 1.29 is 80.9 Å². The SMILES string of the molecule is CCCOCCN(COC(=O)c1ccc(-c2cn(CCOCCOCCOCCOCCOCCOCCOCCOC)nn2)cc1)CC(=O)N[C@@H](CCc1ccccc1)C(=O)N[C@@H](CC(C)C)C(=O)N[C@@H](Cc1ccccc1)C(=O)N[C@@H](CC(C)C)C(=O)[C@@]1(C)CO1. The third-order valence-corrected chi connectivity index (χ3v) is 14.6. The minimum atomic E-state index is -1.12. The van der Waals surface area contributed by atoms with Crippen molar-refractivity contribution in [3.63, 3.8) is 0 Å². The second-order valence-electron chi connectivity index (χ2n) is 23.6. The second kappa shape index (κ2) is 44.9. The largest absolute Gasteiger partial charge is 0.446 e. The molecule has 0 unspecified atom stereocenters. The Balaban J connectivity index is 1.08. The molecule has 5 rings (SSSR count). The number of aromatic nitrogens is 3. The van der Waals surface area contributed by atoms with Crippen LogP contribution in [0.1, 0.15) is 88.7 Å². The average molecular weight is 1300 g/mol. The Morgan fingerprint density at radius 3 is 1.60 bits per heavy atom. The number of ketones is 1. The highest BCUT2D eigenvalue weighted by atomic mass is 16.6. The van der Waals surface area contributed by atoms with E-state index in [1.165, 1.54) is 0 Å². The minimum Gasteiger partial charge on any atom is -0.446 e. The number of esters is 1. The van der Waals surface area contributed by atoms with Crippen LogP contribution in [0.3, 0.4) is 0 Å². The normalized spacial score (nSPS) is 15.0. The summed E-state index contributed by atoms with van der Waals surface area (Å²) in [5.74, 6) is -3.15. The lowest BCUT2D eigenvalue weighted by molar-refractivity contribution is -0.135. The molecule has 0 bridgehead atoms. The summed E-state index contributed by atoms with van der Waals surface area (Å²) in [7, 11) is 1.63. The van der Waals surface area contributed by atoms with Gasteiger partial charge >= 0.3 is 5.97 Å². The molecule has 4 amide bonds. The first-order valence-electron chi connectivity index (χ1n) is 32.5. The molecule has 1 fully saturated rings. The number of hydrogen-bond acceptors (Lipinski definition) is 20. The van der Waals surface area contributed by atoms with E-state index in [9.17, 15) is 28.8 Å². The number of nitrogens with zero attached hydrogens (tertiary/aromatic N) is 4. The number of carbonyl (C=O) groups excluding carboxylic acids is 6. The van der Waals surface area contributed by atoms with E-state index < -0.39 is 59.4 Å². The molecule has 25 nitrogen and oxygen atoms in total. The van der Waals surface area contributed by atoms with E-state index in [0.29, 0.717) is 131 Å². The Kier molecular flexibility index (Phi) is 37.2. The third kappa shape index (κ3) is 31.9. The van der Waals surface area contributed by atoms with Gasteiger partial charge in [-0.25, -0.2) is 9.48 Å². The van der Waals surface area contributed by atoms with Gasteiger partial charge in [-0.3, -0.25) is 28.9 Å². The highest BCUT2D eigenvalue weighted by Gasteiger charge is 2.50. The molecule has 1 saturated heterocycles. The first kappa shape index (κ1) is 77.1. The van der Waals surface area contributed by atoms with Crippen LogP contribution in [0.15, 0.2) is 91.1 Å². The van der Waals surface area contributed by atoms with Crippen LogP contribution in [-0.2, 0) is 95.5 Å². The zero-order valence-corrected chi connectivity index (χ0v) is 55.7. The second-order valence-corrected chi connectivity index (χ2v) is 23.6. The lowest BCUT2D eigenvalue weighted by Crippen LogP contribution is -2.59. The molecule has 0 saturated carbocycles. The maximum Gasteiger partial charge on any atom is 0.339 e. The lowest BCUT2D eigenvalue weighted by Gasteiger charge is -2.28. The highest BCUT2D eigenvalue weighted by Crippen LogP contribution is 2.30. The van der Waals surface area contributed by atoms with E-state index in [1.54, 1.807) is 54.1 Å². The van der Waals surface area contributed by atoms with Crippen LogP contribution in [0.4, 0.5) is 0 Å². The molecule has 0 radical (unpaired) electrons. The summed E-state index contributed by atoms with van der Waals surface area (Å²) in [4.78, 5) is 86.1. The maximum absolute atomic E-state index is 14.6. The van der Waals surface area contributed by atoms with E-state index in [2.05, 4.69) is 31.6 Å².